The molecule has 0 amide bonds. The number of unbranched alkanes of at least 4 members (excludes halogenated alkanes) is 9. The first-order chi connectivity index (χ1) is 18.5. The number of fused-ring (bicyclic) bond motifs is 6. The van der Waals surface area contributed by atoms with Gasteiger partial charge in [0, 0.05) is 41.1 Å². The van der Waals surface area contributed by atoms with Gasteiger partial charge in [0.25, 0.3) is 0 Å². The van der Waals surface area contributed by atoms with Gasteiger partial charge in [-0.15, -0.1) is 0 Å². The summed E-state index contributed by atoms with van der Waals surface area (Å²) in [6.45, 7) is 3.11. The Morgan fingerprint density at radius 3 is 1.87 bits per heavy atom. The molecule has 0 unspecified atom stereocenters. The fraction of sp³-hybridized carbons (Fsp3) is 0.406. The van der Waals surface area contributed by atoms with Crippen LogP contribution in [0.5, 0.6) is 23.0 Å². The van der Waals surface area contributed by atoms with E-state index in [1.54, 1.807) is 24.3 Å². The number of carbonyl (C=O) groups is 1. The molecule has 0 saturated carbocycles. The molecular formula is C32H37NO5. The average Bonchev–Trinajstić information content (AvgIpc) is 3.19. The zero-order valence-corrected chi connectivity index (χ0v) is 22.1. The molecule has 2 aliphatic heterocycles. The number of esters is 1. The molecule has 3 aromatic rings. The number of hydrogen-bond acceptors (Lipinski definition) is 6. The highest BCUT2D eigenvalue weighted by Gasteiger charge is 2.53. The summed E-state index contributed by atoms with van der Waals surface area (Å²) in [6, 6.07) is 15.3. The lowest BCUT2D eigenvalue weighted by molar-refractivity contribution is 0.0224. The van der Waals surface area contributed by atoms with E-state index in [1.807, 2.05) is 18.2 Å². The molecule has 200 valence electrons. The minimum absolute atomic E-state index is 0.0403. The topological polar surface area (TPSA) is 88.0 Å². The lowest BCUT2D eigenvalue weighted by Crippen LogP contribution is -2.32. The molecule has 6 nitrogen and oxygen atoms in total. The van der Waals surface area contributed by atoms with E-state index in [0.29, 0.717) is 33.8 Å². The number of ether oxygens (including phenoxy) is 2. The zero-order chi connectivity index (χ0) is 26.5. The minimum Gasteiger partial charge on any atom is -0.508 e. The summed E-state index contributed by atoms with van der Waals surface area (Å²) < 4.78 is 12.1. The number of phenolic OH excluding ortho intramolecular Hbond substituents is 2. The van der Waals surface area contributed by atoms with Gasteiger partial charge in [-0.2, -0.15) is 0 Å². The standard InChI is InChI=1S/C32H37NO5/c1-2-3-4-5-6-7-8-9-10-11-18-33-22-12-15-26-25(19-22)31(36)38-32(26)27-16-13-23(34)20-29(27)37-30-21-24(35)14-17-28(30)32/h12-17,19-21,33-35H,2-11,18H2,1H3. The van der Waals surface area contributed by atoms with Crippen LogP contribution >= 0.6 is 0 Å². The van der Waals surface area contributed by atoms with E-state index in [4.69, 9.17) is 9.47 Å². The Kier molecular flexibility index (Phi) is 7.77. The first-order valence-electron chi connectivity index (χ1n) is 14.0. The van der Waals surface area contributed by atoms with Gasteiger partial charge >= 0.3 is 5.97 Å². The van der Waals surface area contributed by atoms with Crippen molar-refractivity contribution < 1.29 is 24.5 Å². The highest BCUT2D eigenvalue weighted by Crippen LogP contribution is 2.57. The molecule has 0 aromatic heterocycles. The highest BCUT2D eigenvalue weighted by atomic mass is 16.6. The normalized spacial score (nSPS) is 14.4. The van der Waals surface area contributed by atoms with Crippen molar-refractivity contribution in [3.63, 3.8) is 0 Å². The first-order valence-corrected chi connectivity index (χ1v) is 14.0. The molecule has 38 heavy (non-hydrogen) atoms. The highest BCUT2D eigenvalue weighted by molar-refractivity contribution is 5.98. The molecule has 0 fully saturated rings. The van der Waals surface area contributed by atoms with Crippen molar-refractivity contribution in [1.29, 1.82) is 0 Å². The molecule has 2 aliphatic rings. The van der Waals surface area contributed by atoms with Gasteiger partial charge in [-0.05, 0) is 42.8 Å². The summed E-state index contributed by atoms with van der Waals surface area (Å²) in [4.78, 5) is 13.2. The molecular weight excluding hydrogens is 478 g/mol. The molecule has 0 aliphatic carbocycles. The van der Waals surface area contributed by atoms with Crippen LogP contribution < -0.4 is 10.1 Å². The second-order valence-electron chi connectivity index (χ2n) is 10.4. The lowest BCUT2D eigenvalue weighted by atomic mass is 9.77. The van der Waals surface area contributed by atoms with Crippen molar-refractivity contribution in [2.75, 3.05) is 11.9 Å². The van der Waals surface area contributed by atoms with Crippen LogP contribution in [0, 0.1) is 0 Å². The monoisotopic (exact) mass is 515 g/mol. The fourth-order valence-electron chi connectivity index (χ4n) is 5.66. The second kappa shape index (κ2) is 11.4. The van der Waals surface area contributed by atoms with E-state index in [1.165, 1.54) is 69.9 Å². The number of rotatable bonds is 12. The van der Waals surface area contributed by atoms with Crippen LogP contribution in [-0.2, 0) is 10.3 Å². The molecule has 6 heteroatoms. The number of hydrogen-bond donors (Lipinski definition) is 3. The minimum atomic E-state index is -1.22. The van der Waals surface area contributed by atoms with Crippen LogP contribution in [-0.4, -0.2) is 22.7 Å². The molecule has 1 spiro atoms. The molecule has 3 N–H and O–H groups in total. The molecule has 3 aromatic carbocycles. The van der Waals surface area contributed by atoms with Gasteiger partial charge in [-0.25, -0.2) is 4.79 Å². The number of nitrogens with one attached hydrogen (secondary N) is 1. The van der Waals surface area contributed by atoms with E-state index >= 15 is 0 Å². The Labute approximate surface area is 224 Å². The smallest absolute Gasteiger partial charge is 0.340 e. The summed E-state index contributed by atoms with van der Waals surface area (Å²) in [5.74, 6) is 0.429. The third-order valence-corrected chi connectivity index (χ3v) is 7.63. The van der Waals surface area contributed by atoms with E-state index < -0.39 is 11.6 Å². The van der Waals surface area contributed by atoms with Crippen LogP contribution in [0.3, 0.4) is 0 Å². The Hall–Kier alpha value is -3.67. The lowest BCUT2D eigenvalue weighted by Gasteiger charge is -2.36. The largest absolute Gasteiger partial charge is 0.508 e. The summed E-state index contributed by atoms with van der Waals surface area (Å²) in [5, 5.41) is 23.6. The van der Waals surface area contributed by atoms with Gasteiger partial charge in [0.1, 0.15) is 23.0 Å². The third-order valence-electron chi connectivity index (χ3n) is 7.63. The predicted molar refractivity (Wildman–Crippen MR) is 148 cm³/mol. The molecule has 0 bridgehead atoms. The number of anilines is 1. The van der Waals surface area contributed by atoms with Crippen LogP contribution in [0.2, 0.25) is 0 Å². The van der Waals surface area contributed by atoms with Crippen LogP contribution in [0.15, 0.2) is 54.6 Å². The van der Waals surface area contributed by atoms with Crippen molar-refractivity contribution in [1.82, 2.24) is 0 Å². The molecule has 0 saturated heterocycles. The van der Waals surface area contributed by atoms with Gasteiger partial charge < -0.3 is 25.0 Å². The molecule has 0 radical (unpaired) electrons. The Morgan fingerprint density at radius 2 is 1.26 bits per heavy atom. The van der Waals surface area contributed by atoms with Crippen molar-refractivity contribution in [3.8, 4) is 23.0 Å². The fourth-order valence-corrected chi connectivity index (χ4v) is 5.66. The van der Waals surface area contributed by atoms with Crippen LogP contribution in [0.4, 0.5) is 5.69 Å². The van der Waals surface area contributed by atoms with Crippen molar-refractivity contribution in [3.05, 3.63) is 76.9 Å². The predicted octanol–water partition coefficient (Wildman–Crippen LogP) is 8.00. The quantitative estimate of drug-likeness (QED) is 0.167. The van der Waals surface area contributed by atoms with Crippen molar-refractivity contribution in [2.24, 2.45) is 0 Å². The van der Waals surface area contributed by atoms with E-state index in [-0.39, 0.29) is 11.5 Å². The first kappa shape index (κ1) is 26.0. The Bertz CT molecular complexity index is 1250. The maximum Gasteiger partial charge on any atom is 0.340 e. The maximum atomic E-state index is 13.2. The summed E-state index contributed by atoms with van der Waals surface area (Å²) in [6.07, 6.45) is 12.9. The van der Waals surface area contributed by atoms with Crippen molar-refractivity contribution >= 4 is 11.7 Å². The second-order valence-corrected chi connectivity index (χ2v) is 10.4. The Balaban J connectivity index is 1.27. The number of carbonyl (C=O) groups excluding carboxylic acids is 1. The molecule has 2 heterocycles. The van der Waals surface area contributed by atoms with Gasteiger partial charge in [0.2, 0.25) is 0 Å². The molecule has 0 atom stereocenters. The van der Waals surface area contributed by atoms with Gasteiger partial charge in [0.05, 0.1) is 5.56 Å². The van der Waals surface area contributed by atoms with Gasteiger partial charge in [-0.1, -0.05) is 70.8 Å². The van der Waals surface area contributed by atoms with Crippen LogP contribution in [0.25, 0.3) is 0 Å². The van der Waals surface area contributed by atoms with E-state index in [2.05, 4.69) is 12.2 Å². The number of phenols is 2. The van der Waals surface area contributed by atoms with Crippen molar-refractivity contribution in [2.45, 2.75) is 76.7 Å². The van der Waals surface area contributed by atoms with Gasteiger partial charge in [0.15, 0.2) is 5.60 Å². The zero-order valence-electron chi connectivity index (χ0n) is 22.1. The van der Waals surface area contributed by atoms with Crippen LogP contribution in [0.1, 0.15) is 98.2 Å². The van der Waals surface area contributed by atoms with E-state index in [0.717, 1.165) is 18.7 Å². The summed E-state index contributed by atoms with van der Waals surface area (Å²) in [5.41, 5.74) is 2.15. The number of benzene rings is 3. The average molecular weight is 516 g/mol. The Morgan fingerprint density at radius 1 is 0.711 bits per heavy atom. The third kappa shape index (κ3) is 5.04. The number of aromatic hydroxyl groups is 2. The SMILES string of the molecule is CCCCCCCCCCCCNc1ccc2c(c1)C(=O)OC21c2ccc(O)cc2Oc2cc(O)ccc21. The van der Waals surface area contributed by atoms with Gasteiger partial charge in [-0.3, -0.25) is 0 Å². The molecule has 5 rings (SSSR count). The summed E-state index contributed by atoms with van der Waals surface area (Å²) in [7, 11) is 0. The summed E-state index contributed by atoms with van der Waals surface area (Å²) >= 11 is 0. The van der Waals surface area contributed by atoms with E-state index in [9.17, 15) is 15.0 Å². The maximum absolute atomic E-state index is 13.2.